The van der Waals surface area contributed by atoms with Crippen LogP contribution in [0.1, 0.15) is 24.0 Å². The second kappa shape index (κ2) is 10.2. The van der Waals surface area contributed by atoms with E-state index < -0.39 is 5.41 Å². The normalized spacial score (nSPS) is 19.2. The van der Waals surface area contributed by atoms with Crippen molar-refractivity contribution in [2.75, 3.05) is 53.0 Å². The van der Waals surface area contributed by atoms with Gasteiger partial charge < -0.3 is 14.4 Å². The van der Waals surface area contributed by atoms with E-state index in [1.165, 1.54) is 5.56 Å². The maximum absolute atomic E-state index is 13.7. The number of benzene rings is 2. The average Bonchev–Trinajstić information content (AvgIpc) is 2.84. The predicted octanol–water partition coefficient (Wildman–Crippen LogP) is 3.89. The summed E-state index contributed by atoms with van der Waals surface area (Å²) in [7, 11) is 1.69. The summed E-state index contributed by atoms with van der Waals surface area (Å²) in [5, 5.41) is 0. The van der Waals surface area contributed by atoms with Gasteiger partial charge in [0.15, 0.2) is 0 Å². The van der Waals surface area contributed by atoms with Crippen molar-refractivity contribution in [2.24, 2.45) is 0 Å². The first-order valence-corrected chi connectivity index (χ1v) is 11.9. The second-order valence-electron chi connectivity index (χ2n) is 8.43. The summed E-state index contributed by atoms with van der Waals surface area (Å²) in [6, 6.07) is 16.6. The van der Waals surface area contributed by atoms with E-state index in [0.717, 1.165) is 67.8 Å². The van der Waals surface area contributed by atoms with Crippen molar-refractivity contribution < 1.29 is 14.3 Å². The SMILES string of the molecule is COc1ccc(CCN2CCN(C(=O)C3(c4ccc(Br)cc4)CCOCC3)CC2)cc1. The Morgan fingerprint density at radius 2 is 1.65 bits per heavy atom. The third kappa shape index (κ3) is 5.13. The zero-order chi connectivity index (χ0) is 21.7. The Balaban J connectivity index is 1.36. The van der Waals surface area contributed by atoms with Crippen molar-refractivity contribution in [3.8, 4) is 5.75 Å². The number of piperazine rings is 1. The van der Waals surface area contributed by atoms with Gasteiger partial charge in [0.25, 0.3) is 0 Å². The minimum atomic E-state index is -0.454. The van der Waals surface area contributed by atoms with Gasteiger partial charge in [0.1, 0.15) is 5.75 Å². The van der Waals surface area contributed by atoms with Gasteiger partial charge in [-0.05, 0) is 54.7 Å². The zero-order valence-corrected chi connectivity index (χ0v) is 19.8. The molecular weight excluding hydrogens is 456 g/mol. The number of methoxy groups -OCH3 is 1. The monoisotopic (exact) mass is 486 g/mol. The lowest BCUT2D eigenvalue weighted by Crippen LogP contribution is -2.56. The van der Waals surface area contributed by atoms with Crippen molar-refractivity contribution in [3.63, 3.8) is 0 Å². The van der Waals surface area contributed by atoms with E-state index >= 15 is 0 Å². The van der Waals surface area contributed by atoms with Crippen LogP contribution in [0, 0.1) is 0 Å². The first-order valence-electron chi connectivity index (χ1n) is 11.1. The largest absolute Gasteiger partial charge is 0.497 e. The molecule has 166 valence electrons. The Morgan fingerprint density at radius 1 is 1.00 bits per heavy atom. The summed E-state index contributed by atoms with van der Waals surface area (Å²) < 4.78 is 11.9. The van der Waals surface area contributed by atoms with Crippen LogP contribution in [-0.2, 0) is 21.4 Å². The third-order valence-corrected chi connectivity index (χ3v) is 7.22. The van der Waals surface area contributed by atoms with Crippen LogP contribution in [0.5, 0.6) is 5.75 Å². The highest BCUT2D eigenvalue weighted by molar-refractivity contribution is 9.10. The van der Waals surface area contributed by atoms with E-state index in [1.54, 1.807) is 7.11 Å². The molecule has 2 saturated heterocycles. The number of hydrogen-bond acceptors (Lipinski definition) is 4. The highest BCUT2D eigenvalue weighted by Gasteiger charge is 2.44. The topological polar surface area (TPSA) is 42.0 Å². The molecule has 2 aliphatic rings. The number of amides is 1. The first-order chi connectivity index (χ1) is 15.1. The highest BCUT2D eigenvalue weighted by atomic mass is 79.9. The molecule has 2 aromatic rings. The Kier molecular flexibility index (Phi) is 7.31. The van der Waals surface area contributed by atoms with Crippen LogP contribution in [0.15, 0.2) is 53.0 Å². The van der Waals surface area contributed by atoms with E-state index in [2.05, 4.69) is 50.0 Å². The van der Waals surface area contributed by atoms with Crippen molar-refractivity contribution in [3.05, 3.63) is 64.1 Å². The Hall–Kier alpha value is -1.89. The van der Waals surface area contributed by atoms with Gasteiger partial charge in [-0.2, -0.15) is 0 Å². The molecule has 2 aromatic carbocycles. The summed E-state index contributed by atoms with van der Waals surface area (Å²) >= 11 is 3.51. The molecule has 2 heterocycles. The van der Waals surface area contributed by atoms with E-state index in [-0.39, 0.29) is 5.91 Å². The maximum atomic E-state index is 13.7. The first kappa shape index (κ1) is 22.3. The lowest BCUT2D eigenvalue weighted by Gasteiger charge is -2.43. The van der Waals surface area contributed by atoms with Crippen molar-refractivity contribution in [1.82, 2.24) is 9.80 Å². The standard InChI is InChI=1S/C25H31BrN2O3/c1-30-23-8-2-20(3-9-23)10-13-27-14-16-28(17-15-27)24(29)25(11-18-31-19-12-25)21-4-6-22(26)7-5-21/h2-9H,10-19H2,1H3. The summed E-state index contributed by atoms with van der Waals surface area (Å²) in [5.41, 5.74) is 1.98. The maximum Gasteiger partial charge on any atom is 0.233 e. The fourth-order valence-electron chi connectivity index (χ4n) is 4.67. The van der Waals surface area contributed by atoms with Gasteiger partial charge in [0.2, 0.25) is 5.91 Å². The molecule has 2 aliphatic heterocycles. The van der Waals surface area contributed by atoms with Gasteiger partial charge in [0, 0.05) is 50.4 Å². The molecule has 31 heavy (non-hydrogen) atoms. The van der Waals surface area contributed by atoms with Crippen LogP contribution in [0.3, 0.4) is 0 Å². The summed E-state index contributed by atoms with van der Waals surface area (Å²) in [6.45, 7) is 5.73. The number of carbonyl (C=O) groups excluding carboxylic acids is 1. The minimum absolute atomic E-state index is 0.271. The number of ether oxygens (including phenoxy) is 2. The molecule has 0 saturated carbocycles. The van der Waals surface area contributed by atoms with Crippen LogP contribution in [0.2, 0.25) is 0 Å². The smallest absolute Gasteiger partial charge is 0.233 e. The average molecular weight is 487 g/mol. The fourth-order valence-corrected chi connectivity index (χ4v) is 4.94. The molecule has 0 bridgehead atoms. The molecule has 4 rings (SSSR count). The van der Waals surface area contributed by atoms with E-state index in [4.69, 9.17) is 9.47 Å². The summed E-state index contributed by atoms with van der Waals surface area (Å²) in [6.07, 6.45) is 2.52. The summed E-state index contributed by atoms with van der Waals surface area (Å²) in [5.74, 6) is 1.16. The molecule has 0 atom stereocenters. The molecule has 5 nitrogen and oxygen atoms in total. The molecule has 2 fully saturated rings. The van der Waals surface area contributed by atoms with Crippen LogP contribution < -0.4 is 4.74 Å². The summed E-state index contributed by atoms with van der Waals surface area (Å²) in [4.78, 5) is 18.3. The van der Waals surface area contributed by atoms with E-state index in [0.29, 0.717) is 13.2 Å². The van der Waals surface area contributed by atoms with Crippen LogP contribution in [0.25, 0.3) is 0 Å². The molecule has 0 N–H and O–H groups in total. The third-order valence-electron chi connectivity index (χ3n) is 6.69. The van der Waals surface area contributed by atoms with Gasteiger partial charge in [-0.15, -0.1) is 0 Å². The quantitative estimate of drug-likeness (QED) is 0.620. The Bertz CT molecular complexity index is 855. The molecule has 0 aromatic heterocycles. The molecular formula is C25H31BrN2O3. The highest BCUT2D eigenvalue weighted by Crippen LogP contribution is 2.37. The number of rotatable bonds is 6. The fraction of sp³-hybridized carbons (Fsp3) is 0.480. The van der Waals surface area contributed by atoms with E-state index in [1.807, 2.05) is 24.3 Å². The van der Waals surface area contributed by atoms with Gasteiger partial charge in [-0.25, -0.2) is 0 Å². The van der Waals surface area contributed by atoms with Gasteiger partial charge in [0.05, 0.1) is 12.5 Å². The molecule has 0 spiro atoms. The van der Waals surface area contributed by atoms with Crippen LogP contribution in [-0.4, -0.2) is 68.8 Å². The lowest BCUT2D eigenvalue weighted by atomic mass is 9.73. The number of nitrogens with zero attached hydrogens (tertiary/aromatic N) is 2. The lowest BCUT2D eigenvalue weighted by molar-refractivity contribution is -0.143. The van der Waals surface area contributed by atoms with Crippen LogP contribution >= 0.6 is 15.9 Å². The predicted molar refractivity (Wildman–Crippen MR) is 126 cm³/mol. The second-order valence-corrected chi connectivity index (χ2v) is 9.35. The van der Waals surface area contributed by atoms with Gasteiger partial charge in [-0.1, -0.05) is 40.2 Å². The Labute approximate surface area is 193 Å². The van der Waals surface area contributed by atoms with Crippen molar-refractivity contribution in [1.29, 1.82) is 0 Å². The molecule has 0 unspecified atom stereocenters. The van der Waals surface area contributed by atoms with Gasteiger partial charge in [-0.3, -0.25) is 9.69 Å². The van der Waals surface area contributed by atoms with Crippen molar-refractivity contribution in [2.45, 2.75) is 24.7 Å². The number of hydrogen-bond donors (Lipinski definition) is 0. The van der Waals surface area contributed by atoms with Crippen LogP contribution in [0.4, 0.5) is 0 Å². The number of halogens is 1. The number of carbonyl (C=O) groups is 1. The van der Waals surface area contributed by atoms with E-state index in [9.17, 15) is 4.79 Å². The zero-order valence-electron chi connectivity index (χ0n) is 18.2. The Morgan fingerprint density at radius 3 is 2.26 bits per heavy atom. The molecule has 0 aliphatic carbocycles. The minimum Gasteiger partial charge on any atom is -0.497 e. The molecule has 1 amide bonds. The molecule has 0 radical (unpaired) electrons. The van der Waals surface area contributed by atoms with Gasteiger partial charge >= 0.3 is 0 Å². The van der Waals surface area contributed by atoms with Crippen molar-refractivity contribution >= 4 is 21.8 Å². The molecule has 6 heteroatoms.